The Kier molecular flexibility index (Phi) is 4.16. The van der Waals surface area contributed by atoms with E-state index in [2.05, 4.69) is 38.8 Å². The van der Waals surface area contributed by atoms with Crippen molar-refractivity contribution in [1.82, 2.24) is 29.7 Å². The van der Waals surface area contributed by atoms with Crippen LogP contribution in [0.3, 0.4) is 0 Å². The Morgan fingerprint density at radius 2 is 2.35 bits per heavy atom. The van der Waals surface area contributed by atoms with E-state index in [1.807, 2.05) is 10.9 Å². The van der Waals surface area contributed by atoms with Crippen molar-refractivity contribution in [2.75, 3.05) is 6.54 Å². The van der Waals surface area contributed by atoms with Crippen LogP contribution in [0.1, 0.15) is 30.6 Å². The number of rotatable bonds is 6. The molecule has 0 bridgehead atoms. The molecular formula is C10H16N6S. The van der Waals surface area contributed by atoms with Crippen LogP contribution in [0.4, 0.5) is 0 Å². The van der Waals surface area contributed by atoms with Gasteiger partial charge >= 0.3 is 0 Å². The Balaban J connectivity index is 2.13. The van der Waals surface area contributed by atoms with Gasteiger partial charge in [-0.25, -0.2) is 4.98 Å². The van der Waals surface area contributed by atoms with Crippen molar-refractivity contribution in [3.63, 3.8) is 0 Å². The first kappa shape index (κ1) is 12.1. The lowest BCUT2D eigenvalue weighted by Crippen LogP contribution is -2.23. The summed E-state index contributed by atoms with van der Waals surface area (Å²) in [4.78, 5) is 5.43. The Morgan fingerprint density at radius 1 is 1.47 bits per heavy atom. The number of nitrogens with zero attached hydrogens (tertiary/aromatic N) is 5. The van der Waals surface area contributed by atoms with Crippen LogP contribution in [0, 0.1) is 0 Å². The lowest BCUT2D eigenvalue weighted by atomic mass is 10.1. The largest absolute Gasteiger partial charge is 0.309 e. The van der Waals surface area contributed by atoms with E-state index in [-0.39, 0.29) is 6.04 Å². The van der Waals surface area contributed by atoms with E-state index in [1.165, 1.54) is 11.5 Å². The van der Waals surface area contributed by atoms with Crippen molar-refractivity contribution in [2.45, 2.75) is 32.9 Å². The first-order chi connectivity index (χ1) is 8.35. The number of aromatic nitrogens is 5. The maximum Gasteiger partial charge on any atom is 0.138 e. The van der Waals surface area contributed by atoms with Gasteiger partial charge < -0.3 is 5.32 Å². The number of hydrogen-bond acceptors (Lipinski definition) is 6. The molecule has 6 nitrogen and oxygen atoms in total. The van der Waals surface area contributed by atoms with E-state index in [0.29, 0.717) is 0 Å². The van der Waals surface area contributed by atoms with Gasteiger partial charge in [0.2, 0.25) is 0 Å². The van der Waals surface area contributed by atoms with Gasteiger partial charge in [-0.05, 0) is 25.0 Å². The summed E-state index contributed by atoms with van der Waals surface area (Å²) in [5, 5.41) is 11.5. The van der Waals surface area contributed by atoms with E-state index < -0.39 is 0 Å². The first-order valence-corrected chi connectivity index (χ1v) is 6.49. The van der Waals surface area contributed by atoms with Crippen molar-refractivity contribution in [3.8, 4) is 0 Å². The smallest absolute Gasteiger partial charge is 0.138 e. The summed E-state index contributed by atoms with van der Waals surface area (Å²) in [5.74, 6) is 0.992. The molecule has 17 heavy (non-hydrogen) atoms. The topological polar surface area (TPSA) is 68.5 Å². The lowest BCUT2D eigenvalue weighted by Gasteiger charge is -2.14. The lowest BCUT2D eigenvalue weighted by molar-refractivity contribution is 0.515. The normalized spacial score (nSPS) is 12.8. The Labute approximate surface area is 104 Å². The molecule has 1 N–H and O–H groups in total. The molecule has 0 aliphatic carbocycles. The van der Waals surface area contributed by atoms with Gasteiger partial charge in [-0.1, -0.05) is 11.4 Å². The zero-order chi connectivity index (χ0) is 12.1. The van der Waals surface area contributed by atoms with Gasteiger partial charge in [-0.15, -0.1) is 5.10 Å². The Hall–Kier alpha value is -1.34. The second kappa shape index (κ2) is 5.83. The van der Waals surface area contributed by atoms with E-state index in [0.717, 1.165) is 30.2 Å². The van der Waals surface area contributed by atoms with Gasteiger partial charge in [0.15, 0.2) is 0 Å². The van der Waals surface area contributed by atoms with Gasteiger partial charge in [0.25, 0.3) is 0 Å². The molecule has 0 aliphatic rings. The molecule has 7 heteroatoms. The van der Waals surface area contributed by atoms with Crippen LogP contribution >= 0.6 is 11.5 Å². The zero-order valence-electron chi connectivity index (χ0n) is 10.00. The van der Waals surface area contributed by atoms with Gasteiger partial charge in [0.1, 0.15) is 12.2 Å². The average Bonchev–Trinajstić information content (AvgIpc) is 2.99. The summed E-state index contributed by atoms with van der Waals surface area (Å²) in [6, 6.07) is 0.217. The molecule has 92 valence electrons. The highest BCUT2D eigenvalue weighted by molar-refractivity contribution is 7.05. The molecule has 0 saturated carbocycles. The fourth-order valence-electron chi connectivity index (χ4n) is 1.74. The van der Waals surface area contributed by atoms with Gasteiger partial charge in [0, 0.05) is 13.0 Å². The third-order valence-electron chi connectivity index (χ3n) is 2.55. The molecule has 0 saturated heterocycles. The van der Waals surface area contributed by atoms with Crippen molar-refractivity contribution in [2.24, 2.45) is 0 Å². The van der Waals surface area contributed by atoms with Crippen LogP contribution < -0.4 is 5.32 Å². The second-order valence-corrected chi connectivity index (χ2v) is 4.44. The number of aryl methyl sites for hydroxylation is 1. The minimum Gasteiger partial charge on any atom is -0.309 e. The molecule has 2 aromatic heterocycles. The predicted octanol–water partition coefficient (Wildman–Crippen LogP) is 1.04. The van der Waals surface area contributed by atoms with Gasteiger partial charge in [-0.3, -0.25) is 4.68 Å². The van der Waals surface area contributed by atoms with E-state index in [1.54, 1.807) is 6.33 Å². The molecule has 0 spiro atoms. The number of hydrogen-bond donors (Lipinski definition) is 1. The average molecular weight is 252 g/mol. The minimum atomic E-state index is 0.217. The van der Waals surface area contributed by atoms with Crippen molar-refractivity contribution in [3.05, 3.63) is 23.2 Å². The monoisotopic (exact) mass is 252 g/mol. The van der Waals surface area contributed by atoms with Crippen LogP contribution in [0.25, 0.3) is 0 Å². The summed E-state index contributed by atoms with van der Waals surface area (Å²) < 4.78 is 5.82. The van der Waals surface area contributed by atoms with Crippen LogP contribution in [-0.2, 0) is 13.0 Å². The highest BCUT2D eigenvalue weighted by Crippen LogP contribution is 2.19. The van der Waals surface area contributed by atoms with E-state index in [4.69, 9.17) is 0 Å². The van der Waals surface area contributed by atoms with Crippen LogP contribution in [0.2, 0.25) is 0 Å². The Morgan fingerprint density at radius 3 is 3.00 bits per heavy atom. The number of likely N-dealkylation sites (N-methyl/N-ethyl adjacent to an activating group) is 1. The summed E-state index contributed by atoms with van der Waals surface area (Å²) >= 11 is 1.43. The molecule has 0 amide bonds. The molecular weight excluding hydrogens is 236 g/mol. The molecule has 0 radical (unpaired) electrons. The fourth-order valence-corrected chi connectivity index (χ4v) is 2.32. The molecule has 2 rings (SSSR count). The molecule has 0 aromatic carbocycles. The zero-order valence-corrected chi connectivity index (χ0v) is 10.8. The third kappa shape index (κ3) is 2.86. The molecule has 1 unspecified atom stereocenters. The maximum absolute atomic E-state index is 4.29. The summed E-state index contributed by atoms with van der Waals surface area (Å²) in [6.45, 7) is 5.90. The van der Waals surface area contributed by atoms with Gasteiger partial charge in [-0.2, -0.15) is 5.10 Å². The van der Waals surface area contributed by atoms with Crippen molar-refractivity contribution < 1.29 is 0 Å². The summed E-state index contributed by atoms with van der Waals surface area (Å²) in [7, 11) is 0. The van der Waals surface area contributed by atoms with Crippen LogP contribution in [0.15, 0.2) is 12.5 Å². The molecule has 2 aromatic rings. The van der Waals surface area contributed by atoms with Crippen molar-refractivity contribution in [1.29, 1.82) is 0 Å². The Bertz CT molecular complexity index is 437. The quantitative estimate of drug-likeness (QED) is 0.832. The second-order valence-electron chi connectivity index (χ2n) is 3.63. The molecule has 1 atom stereocenters. The molecule has 0 aliphatic heterocycles. The highest BCUT2D eigenvalue weighted by atomic mass is 32.1. The standard InChI is InChI=1S/C10H16N6S/c1-3-11-8(9-6-13-15-17-9)5-10-12-7-14-16(10)4-2/h6-8,11H,3-5H2,1-2H3. The van der Waals surface area contributed by atoms with Crippen LogP contribution in [-0.4, -0.2) is 30.9 Å². The number of nitrogens with one attached hydrogen (secondary N) is 1. The molecule has 0 fully saturated rings. The maximum atomic E-state index is 4.29. The predicted molar refractivity (Wildman–Crippen MR) is 65.7 cm³/mol. The summed E-state index contributed by atoms with van der Waals surface area (Å²) in [6.07, 6.45) is 4.23. The molecule has 2 heterocycles. The highest BCUT2D eigenvalue weighted by Gasteiger charge is 2.16. The fraction of sp³-hybridized carbons (Fsp3) is 0.600. The van der Waals surface area contributed by atoms with Crippen molar-refractivity contribution >= 4 is 11.5 Å². The van der Waals surface area contributed by atoms with Gasteiger partial charge in [0.05, 0.1) is 17.1 Å². The SMILES string of the molecule is CCNC(Cc1ncnn1CC)c1cnns1. The van der Waals surface area contributed by atoms with E-state index in [9.17, 15) is 0 Å². The third-order valence-corrected chi connectivity index (χ3v) is 3.33. The minimum absolute atomic E-state index is 0.217. The first-order valence-electron chi connectivity index (χ1n) is 5.72. The van der Waals surface area contributed by atoms with E-state index >= 15 is 0 Å². The summed E-state index contributed by atoms with van der Waals surface area (Å²) in [5.41, 5.74) is 0. The van der Waals surface area contributed by atoms with Crippen LogP contribution in [0.5, 0.6) is 0 Å².